The summed E-state index contributed by atoms with van der Waals surface area (Å²) in [6.45, 7) is 0. The lowest BCUT2D eigenvalue weighted by molar-refractivity contribution is 0.639. The Balaban J connectivity index is 3.00. The van der Waals surface area contributed by atoms with Crippen molar-refractivity contribution in [3.05, 3.63) is 38.9 Å². The van der Waals surface area contributed by atoms with Gasteiger partial charge >= 0.3 is 0 Å². The fraction of sp³-hybridized carbons (Fsp3) is 0. The largest absolute Gasteiger partial charge is 0.263 e. The first-order valence-electron chi connectivity index (χ1n) is 3.57. The van der Waals surface area contributed by atoms with Gasteiger partial charge in [-0.2, -0.15) is 0 Å². The lowest BCUT2D eigenvalue weighted by Gasteiger charge is -2.02. The number of aromatic nitrogens is 1. The van der Waals surface area contributed by atoms with Crippen molar-refractivity contribution in [1.82, 2.24) is 4.98 Å². The highest BCUT2D eigenvalue weighted by molar-refractivity contribution is 14.1. The Morgan fingerprint density at radius 3 is 2.77 bits per heavy atom. The molecule has 0 saturated carbocycles. The summed E-state index contributed by atoms with van der Waals surface area (Å²) in [5.74, 6) is -0.258. The zero-order valence-electron chi connectivity index (χ0n) is 6.39. The Hall–Kier alpha value is -0.420. The molecule has 66 valence electrons. The smallest absolute Gasteiger partial charge is 0.132 e. The van der Waals surface area contributed by atoms with Gasteiger partial charge in [0.1, 0.15) is 5.82 Å². The molecule has 0 fully saturated rings. The molecule has 0 saturated heterocycles. The normalized spacial score (nSPS) is 10.7. The summed E-state index contributed by atoms with van der Waals surface area (Å²) >= 11 is 7.93. The van der Waals surface area contributed by atoms with Gasteiger partial charge in [-0.1, -0.05) is 11.6 Å². The Morgan fingerprint density at radius 1 is 1.31 bits per heavy atom. The second-order valence-electron chi connectivity index (χ2n) is 2.57. The fourth-order valence-electron chi connectivity index (χ4n) is 1.18. The minimum atomic E-state index is -0.258. The number of fused-ring (bicyclic) bond motifs is 1. The molecular formula is C9H4ClFIN. The average Bonchev–Trinajstić information content (AvgIpc) is 2.12. The van der Waals surface area contributed by atoms with Gasteiger partial charge in [-0.3, -0.25) is 4.98 Å². The molecule has 1 aromatic carbocycles. The van der Waals surface area contributed by atoms with Gasteiger partial charge in [-0.15, -0.1) is 0 Å². The zero-order valence-corrected chi connectivity index (χ0v) is 9.30. The van der Waals surface area contributed by atoms with E-state index in [0.29, 0.717) is 15.8 Å². The van der Waals surface area contributed by atoms with E-state index in [1.165, 1.54) is 12.1 Å². The van der Waals surface area contributed by atoms with Crippen LogP contribution in [0.5, 0.6) is 0 Å². The van der Waals surface area contributed by atoms with Crippen LogP contribution in [0.25, 0.3) is 10.8 Å². The molecule has 2 aromatic rings. The summed E-state index contributed by atoms with van der Waals surface area (Å²) in [5.41, 5.74) is 0. The van der Waals surface area contributed by atoms with E-state index in [1.807, 2.05) is 22.6 Å². The monoisotopic (exact) mass is 307 g/mol. The number of rotatable bonds is 0. The maximum Gasteiger partial charge on any atom is 0.132 e. The van der Waals surface area contributed by atoms with Gasteiger partial charge in [-0.25, -0.2) is 4.39 Å². The quantitative estimate of drug-likeness (QED) is 0.677. The Bertz CT molecular complexity index is 464. The van der Waals surface area contributed by atoms with Crippen molar-refractivity contribution in [1.29, 1.82) is 0 Å². The lowest BCUT2D eigenvalue weighted by atomic mass is 10.2. The van der Waals surface area contributed by atoms with Gasteiger partial charge in [0.2, 0.25) is 0 Å². The summed E-state index contributed by atoms with van der Waals surface area (Å²) in [5, 5.41) is 1.74. The highest BCUT2D eigenvalue weighted by atomic mass is 127. The molecule has 0 bridgehead atoms. The highest BCUT2D eigenvalue weighted by Gasteiger charge is 2.07. The van der Waals surface area contributed by atoms with Crippen LogP contribution in [0.3, 0.4) is 0 Å². The molecule has 0 spiro atoms. The molecule has 1 nitrogen and oxygen atoms in total. The van der Waals surface area contributed by atoms with Crippen LogP contribution in [0.15, 0.2) is 24.5 Å². The van der Waals surface area contributed by atoms with Gasteiger partial charge in [0.25, 0.3) is 0 Å². The second kappa shape index (κ2) is 3.38. The van der Waals surface area contributed by atoms with Crippen LogP contribution in [0.4, 0.5) is 4.39 Å². The van der Waals surface area contributed by atoms with Crippen molar-refractivity contribution in [2.75, 3.05) is 0 Å². The SMILES string of the molecule is Fc1ccc(Cl)c2cncc(I)c12. The number of pyridine rings is 1. The van der Waals surface area contributed by atoms with E-state index >= 15 is 0 Å². The number of hydrogen-bond acceptors (Lipinski definition) is 1. The van der Waals surface area contributed by atoms with Crippen molar-refractivity contribution in [2.24, 2.45) is 0 Å². The number of nitrogens with zero attached hydrogens (tertiary/aromatic N) is 1. The highest BCUT2D eigenvalue weighted by Crippen LogP contribution is 2.28. The van der Waals surface area contributed by atoms with Crippen LogP contribution in [-0.2, 0) is 0 Å². The molecule has 0 aliphatic heterocycles. The van der Waals surface area contributed by atoms with Crippen molar-refractivity contribution >= 4 is 45.0 Å². The Morgan fingerprint density at radius 2 is 2.08 bits per heavy atom. The molecule has 0 radical (unpaired) electrons. The van der Waals surface area contributed by atoms with E-state index in [2.05, 4.69) is 4.98 Å². The van der Waals surface area contributed by atoms with E-state index < -0.39 is 0 Å². The predicted molar refractivity (Wildman–Crippen MR) is 59.4 cm³/mol. The number of benzene rings is 1. The first kappa shape index (κ1) is 9.15. The minimum Gasteiger partial charge on any atom is -0.263 e. The molecule has 0 aliphatic rings. The molecule has 0 unspecified atom stereocenters. The first-order chi connectivity index (χ1) is 6.20. The molecule has 1 aromatic heterocycles. The second-order valence-corrected chi connectivity index (χ2v) is 4.14. The average molecular weight is 307 g/mol. The van der Waals surface area contributed by atoms with Crippen molar-refractivity contribution in [3.63, 3.8) is 0 Å². The van der Waals surface area contributed by atoms with Gasteiger partial charge in [-0.05, 0) is 34.7 Å². The molecule has 2 rings (SSSR count). The van der Waals surface area contributed by atoms with Crippen LogP contribution in [0.1, 0.15) is 0 Å². The summed E-state index contributed by atoms with van der Waals surface area (Å²) in [7, 11) is 0. The number of hydrogen-bond donors (Lipinski definition) is 0. The molecule has 0 amide bonds. The fourth-order valence-corrected chi connectivity index (χ4v) is 2.09. The minimum absolute atomic E-state index is 0.258. The molecule has 4 heteroatoms. The third-order valence-electron chi connectivity index (χ3n) is 1.77. The van der Waals surface area contributed by atoms with Crippen LogP contribution in [0.2, 0.25) is 5.02 Å². The van der Waals surface area contributed by atoms with Crippen molar-refractivity contribution in [3.8, 4) is 0 Å². The third-order valence-corrected chi connectivity index (χ3v) is 2.92. The van der Waals surface area contributed by atoms with Gasteiger partial charge in [0.05, 0.1) is 5.02 Å². The molecule has 13 heavy (non-hydrogen) atoms. The van der Waals surface area contributed by atoms with Crippen LogP contribution in [-0.4, -0.2) is 4.98 Å². The third kappa shape index (κ3) is 1.50. The zero-order chi connectivity index (χ0) is 9.42. The van der Waals surface area contributed by atoms with Crippen LogP contribution in [0, 0.1) is 9.39 Å². The van der Waals surface area contributed by atoms with Gasteiger partial charge < -0.3 is 0 Å². The summed E-state index contributed by atoms with van der Waals surface area (Å²) in [6, 6.07) is 2.91. The molecule has 1 heterocycles. The van der Waals surface area contributed by atoms with E-state index in [0.717, 1.165) is 3.57 Å². The van der Waals surface area contributed by atoms with Gasteiger partial charge in [0, 0.05) is 26.7 Å². The molecule has 0 N–H and O–H groups in total. The van der Waals surface area contributed by atoms with Crippen LogP contribution >= 0.6 is 34.2 Å². The maximum absolute atomic E-state index is 13.3. The standard InChI is InChI=1S/C9H4ClFIN/c10-6-1-2-7(11)9-5(6)3-13-4-8(9)12/h1-4H. The topological polar surface area (TPSA) is 12.9 Å². The predicted octanol–water partition coefficient (Wildman–Crippen LogP) is 3.63. The molecule has 0 aliphatic carbocycles. The van der Waals surface area contributed by atoms with E-state index in [4.69, 9.17) is 11.6 Å². The molecule has 0 atom stereocenters. The van der Waals surface area contributed by atoms with Crippen molar-refractivity contribution < 1.29 is 4.39 Å². The maximum atomic E-state index is 13.3. The summed E-state index contributed by atoms with van der Waals surface area (Å²) in [4.78, 5) is 3.96. The summed E-state index contributed by atoms with van der Waals surface area (Å²) < 4.78 is 14.1. The Kier molecular flexibility index (Phi) is 2.38. The summed E-state index contributed by atoms with van der Waals surface area (Å²) in [6.07, 6.45) is 3.19. The van der Waals surface area contributed by atoms with E-state index in [1.54, 1.807) is 12.4 Å². The molecular weight excluding hydrogens is 303 g/mol. The van der Waals surface area contributed by atoms with Crippen molar-refractivity contribution in [2.45, 2.75) is 0 Å². The van der Waals surface area contributed by atoms with E-state index in [-0.39, 0.29) is 5.82 Å². The Labute approximate surface area is 93.1 Å². The van der Waals surface area contributed by atoms with E-state index in [9.17, 15) is 4.39 Å². The number of halogens is 3. The van der Waals surface area contributed by atoms with Gasteiger partial charge in [0.15, 0.2) is 0 Å². The van der Waals surface area contributed by atoms with Crippen LogP contribution < -0.4 is 0 Å². The lowest BCUT2D eigenvalue weighted by Crippen LogP contribution is -1.86. The first-order valence-corrected chi connectivity index (χ1v) is 5.03.